The van der Waals surface area contributed by atoms with Gasteiger partial charge in [0.05, 0.1) is 6.61 Å². The minimum atomic E-state index is -3.30. The van der Waals surface area contributed by atoms with Crippen LogP contribution in [0.1, 0.15) is 63.5 Å². The van der Waals surface area contributed by atoms with Gasteiger partial charge in [0.1, 0.15) is 11.5 Å². The van der Waals surface area contributed by atoms with Gasteiger partial charge in [-0.25, -0.2) is 8.78 Å². The number of alkyl halides is 2. The Labute approximate surface area is 168 Å². The van der Waals surface area contributed by atoms with Gasteiger partial charge in [-0.05, 0) is 49.5 Å². The van der Waals surface area contributed by atoms with E-state index in [9.17, 15) is 20.3 Å². The second kappa shape index (κ2) is 7.46. The van der Waals surface area contributed by atoms with Crippen molar-refractivity contribution in [3.63, 3.8) is 0 Å². The molecule has 1 aromatic rings. The minimum absolute atomic E-state index is 0.00717. The van der Waals surface area contributed by atoms with Crippen LogP contribution < -0.4 is 0 Å². The summed E-state index contributed by atoms with van der Waals surface area (Å²) < 4.78 is 30.3. The van der Waals surface area contributed by atoms with Gasteiger partial charge in [0.2, 0.25) is 0 Å². The topological polar surface area (TPSA) is 92.8 Å². The summed E-state index contributed by atoms with van der Waals surface area (Å²) in [7, 11) is 0. The van der Waals surface area contributed by atoms with Crippen LogP contribution in [0.15, 0.2) is 23.8 Å². The molecular formula is C21H27F2NO5. The Morgan fingerprint density at radius 1 is 1.31 bits per heavy atom. The second-order valence-corrected chi connectivity index (χ2v) is 8.80. The first-order valence-electron chi connectivity index (χ1n) is 9.85. The number of aromatic hydroxyl groups is 2. The van der Waals surface area contributed by atoms with Gasteiger partial charge < -0.3 is 15.1 Å². The van der Waals surface area contributed by atoms with Crippen LogP contribution in [0.25, 0.3) is 0 Å². The SMILES string of the molecule is CC1=C[C@@H](c2c(O)cc(O)cc2C(F)(F)CCCCO[N+](=O)[O-])[C@H]2C[C@@H]1C2(C)C. The lowest BCUT2D eigenvalue weighted by atomic mass is 9.45. The Kier molecular flexibility index (Phi) is 5.49. The van der Waals surface area contributed by atoms with Crippen LogP contribution in [0.4, 0.5) is 8.78 Å². The zero-order valence-electron chi connectivity index (χ0n) is 16.8. The van der Waals surface area contributed by atoms with Crippen LogP contribution in [0, 0.1) is 27.4 Å². The summed E-state index contributed by atoms with van der Waals surface area (Å²) in [6, 6.07) is 2.14. The predicted octanol–water partition coefficient (Wildman–Crippen LogP) is 5.27. The number of halogens is 2. The van der Waals surface area contributed by atoms with Crippen molar-refractivity contribution in [2.45, 2.75) is 58.3 Å². The first-order valence-corrected chi connectivity index (χ1v) is 9.85. The number of phenols is 2. The molecule has 2 bridgehead atoms. The molecule has 6 nitrogen and oxygen atoms in total. The molecule has 0 aliphatic heterocycles. The molecule has 3 aliphatic carbocycles. The summed E-state index contributed by atoms with van der Waals surface area (Å²) in [6.45, 7) is 6.00. The van der Waals surface area contributed by atoms with Gasteiger partial charge in [-0.3, -0.25) is 0 Å². The zero-order chi connectivity index (χ0) is 21.6. The van der Waals surface area contributed by atoms with E-state index in [0.717, 1.165) is 24.1 Å². The third-order valence-corrected chi connectivity index (χ3v) is 6.72. The van der Waals surface area contributed by atoms with E-state index in [2.05, 4.69) is 18.7 Å². The summed E-state index contributed by atoms with van der Waals surface area (Å²) in [4.78, 5) is 14.3. The lowest BCUT2D eigenvalue weighted by molar-refractivity contribution is -0.757. The molecule has 1 fully saturated rings. The molecule has 8 heteroatoms. The first-order chi connectivity index (χ1) is 13.4. The quantitative estimate of drug-likeness (QED) is 0.263. The summed E-state index contributed by atoms with van der Waals surface area (Å²) >= 11 is 0. The van der Waals surface area contributed by atoms with Crippen LogP contribution in [0.5, 0.6) is 11.5 Å². The van der Waals surface area contributed by atoms with Gasteiger partial charge in [-0.1, -0.05) is 25.5 Å². The van der Waals surface area contributed by atoms with Crippen molar-refractivity contribution >= 4 is 0 Å². The fourth-order valence-electron chi connectivity index (χ4n) is 5.14. The zero-order valence-corrected chi connectivity index (χ0v) is 16.8. The molecule has 160 valence electrons. The molecule has 4 rings (SSSR count). The number of rotatable bonds is 8. The predicted molar refractivity (Wildman–Crippen MR) is 102 cm³/mol. The molecule has 1 aromatic carbocycles. The number of allylic oxidation sites excluding steroid dienone is 2. The van der Waals surface area contributed by atoms with E-state index in [4.69, 9.17) is 0 Å². The van der Waals surface area contributed by atoms with Crippen molar-refractivity contribution < 1.29 is 28.9 Å². The summed E-state index contributed by atoms with van der Waals surface area (Å²) in [5.74, 6) is -3.84. The summed E-state index contributed by atoms with van der Waals surface area (Å²) in [5, 5.41) is 29.6. The van der Waals surface area contributed by atoms with Gasteiger partial charge >= 0.3 is 0 Å². The molecule has 0 heterocycles. The van der Waals surface area contributed by atoms with Gasteiger partial charge in [0.15, 0.2) is 0 Å². The van der Waals surface area contributed by atoms with E-state index < -0.39 is 23.2 Å². The minimum Gasteiger partial charge on any atom is -0.508 e. The summed E-state index contributed by atoms with van der Waals surface area (Å²) in [6.07, 6.45) is 2.42. The Bertz CT molecular complexity index is 837. The maximum absolute atomic E-state index is 15.1. The molecule has 0 aromatic heterocycles. The third kappa shape index (κ3) is 3.89. The molecule has 1 saturated carbocycles. The Balaban J connectivity index is 1.90. The molecule has 3 aliphatic rings. The Morgan fingerprint density at radius 2 is 2.00 bits per heavy atom. The monoisotopic (exact) mass is 411 g/mol. The number of benzene rings is 1. The number of fused-ring (bicyclic) bond motifs is 1. The molecule has 0 radical (unpaired) electrons. The fourth-order valence-corrected chi connectivity index (χ4v) is 5.14. The van der Waals surface area contributed by atoms with Crippen LogP contribution in [-0.4, -0.2) is 21.9 Å². The number of phenolic OH excluding ortho intramolecular Hbond substituents is 2. The second-order valence-electron chi connectivity index (χ2n) is 8.80. The third-order valence-electron chi connectivity index (χ3n) is 6.72. The van der Waals surface area contributed by atoms with E-state index in [1.807, 2.05) is 13.0 Å². The smallest absolute Gasteiger partial charge is 0.294 e. The van der Waals surface area contributed by atoms with Crippen molar-refractivity contribution in [1.29, 1.82) is 0 Å². The normalized spacial score (nSPS) is 25.1. The highest BCUT2D eigenvalue weighted by molar-refractivity contribution is 5.52. The molecule has 29 heavy (non-hydrogen) atoms. The van der Waals surface area contributed by atoms with Gasteiger partial charge in [-0.15, -0.1) is 10.1 Å². The van der Waals surface area contributed by atoms with Crippen LogP contribution in [0.3, 0.4) is 0 Å². The molecule has 2 N–H and O–H groups in total. The average molecular weight is 411 g/mol. The lowest BCUT2D eigenvalue weighted by Gasteiger charge is -2.59. The molecule has 0 unspecified atom stereocenters. The van der Waals surface area contributed by atoms with Crippen molar-refractivity contribution in [2.24, 2.45) is 17.3 Å². The van der Waals surface area contributed by atoms with E-state index in [0.29, 0.717) is 5.92 Å². The van der Waals surface area contributed by atoms with Gasteiger partial charge in [0, 0.05) is 29.5 Å². The highest BCUT2D eigenvalue weighted by atomic mass is 19.3. The standard InChI is InChI=1S/C21H27F2NO5/c1-12-8-14(16-11-15(12)20(16,2)3)19-17(9-13(25)10-18(19)26)21(22,23)6-4-5-7-29-24(27)28/h8-10,14-16,25-26H,4-7,11H2,1-3H3/t14-,15+,16-/m1/s1. The lowest BCUT2D eigenvalue weighted by Crippen LogP contribution is -2.51. The Hall–Kier alpha value is -2.38. The number of hydrogen-bond donors (Lipinski definition) is 2. The van der Waals surface area contributed by atoms with E-state index in [1.54, 1.807) is 0 Å². The van der Waals surface area contributed by atoms with E-state index in [-0.39, 0.29) is 53.6 Å². The molecular weight excluding hydrogens is 384 g/mol. The number of hydrogen-bond acceptors (Lipinski definition) is 5. The molecule has 0 saturated heterocycles. The van der Waals surface area contributed by atoms with Crippen LogP contribution in [0.2, 0.25) is 0 Å². The largest absolute Gasteiger partial charge is 0.508 e. The van der Waals surface area contributed by atoms with Crippen molar-refractivity contribution in [3.8, 4) is 11.5 Å². The van der Waals surface area contributed by atoms with Gasteiger partial charge in [0.25, 0.3) is 11.0 Å². The van der Waals surface area contributed by atoms with E-state index in [1.165, 1.54) is 0 Å². The van der Waals surface area contributed by atoms with Crippen molar-refractivity contribution in [1.82, 2.24) is 0 Å². The highest BCUT2D eigenvalue weighted by Gasteiger charge is 2.55. The fraction of sp³-hybridized carbons (Fsp3) is 0.619. The van der Waals surface area contributed by atoms with Crippen molar-refractivity contribution in [3.05, 3.63) is 45.0 Å². The van der Waals surface area contributed by atoms with Gasteiger partial charge in [-0.2, -0.15) is 0 Å². The van der Waals surface area contributed by atoms with E-state index >= 15 is 8.78 Å². The van der Waals surface area contributed by atoms with Crippen LogP contribution >= 0.6 is 0 Å². The Morgan fingerprint density at radius 3 is 2.59 bits per heavy atom. The number of unbranched alkanes of at least 4 members (excludes halogenated alkanes) is 1. The highest BCUT2D eigenvalue weighted by Crippen LogP contribution is 2.65. The average Bonchev–Trinajstić information content (AvgIpc) is 2.59. The molecule has 3 atom stereocenters. The molecule has 0 amide bonds. The van der Waals surface area contributed by atoms with Crippen molar-refractivity contribution in [2.75, 3.05) is 6.61 Å². The maximum atomic E-state index is 15.1. The van der Waals surface area contributed by atoms with Crippen LogP contribution in [-0.2, 0) is 10.8 Å². The number of nitrogens with zero attached hydrogens (tertiary/aromatic N) is 1. The summed E-state index contributed by atoms with van der Waals surface area (Å²) in [5.41, 5.74) is 0.895. The molecule has 0 spiro atoms. The maximum Gasteiger partial charge on any atom is 0.294 e. The first kappa shape index (κ1) is 21.3.